The Morgan fingerprint density at radius 2 is 1.70 bits per heavy atom. The molecule has 0 spiro atoms. The predicted molar refractivity (Wildman–Crippen MR) is 117 cm³/mol. The summed E-state index contributed by atoms with van der Waals surface area (Å²) in [6, 6.07) is 5.64. The van der Waals surface area contributed by atoms with Crippen LogP contribution >= 0.6 is 0 Å². The number of rotatable bonds is 6. The average Bonchev–Trinajstić information content (AvgIpc) is 2.66. The molecule has 8 nitrogen and oxygen atoms in total. The van der Waals surface area contributed by atoms with Crippen molar-refractivity contribution in [3.63, 3.8) is 0 Å². The van der Waals surface area contributed by atoms with Gasteiger partial charge < -0.3 is 15.4 Å². The lowest BCUT2D eigenvalue weighted by Gasteiger charge is -2.28. The molecule has 0 atom stereocenters. The Kier molecular flexibility index (Phi) is 6.14. The fraction of sp³-hybridized carbons (Fsp3) is 0.409. The van der Waals surface area contributed by atoms with Crippen LogP contribution in [-0.2, 0) is 4.74 Å². The molecule has 158 valence electrons. The van der Waals surface area contributed by atoms with E-state index in [2.05, 4.69) is 39.4 Å². The molecule has 0 bridgehead atoms. The van der Waals surface area contributed by atoms with Crippen molar-refractivity contribution in [3.8, 4) is 11.4 Å². The number of amides is 1. The van der Waals surface area contributed by atoms with E-state index in [1.807, 2.05) is 39.0 Å². The van der Waals surface area contributed by atoms with Gasteiger partial charge in [-0.05, 0) is 59.2 Å². The van der Waals surface area contributed by atoms with Crippen molar-refractivity contribution in [2.24, 2.45) is 0 Å². The number of pyridine rings is 2. The van der Waals surface area contributed by atoms with Gasteiger partial charge in [-0.1, -0.05) is 0 Å². The number of aromatic nitrogens is 4. The maximum Gasteiger partial charge on any atom is 0.407 e. The molecule has 0 aliphatic heterocycles. The fourth-order valence-corrected chi connectivity index (χ4v) is 2.88. The third kappa shape index (κ3) is 5.85. The Labute approximate surface area is 176 Å². The Morgan fingerprint density at radius 1 is 1.00 bits per heavy atom. The van der Waals surface area contributed by atoms with Crippen molar-refractivity contribution in [1.29, 1.82) is 0 Å². The van der Waals surface area contributed by atoms with E-state index in [0.717, 1.165) is 22.3 Å². The number of ether oxygens (including phenoxy) is 1. The van der Waals surface area contributed by atoms with Crippen LogP contribution in [0.1, 0.15) is 41.0 Å². The zero-order valence-corrected chi connectivity index (χ0v) is 18.1. The van der Waals surface area contributed by atoms with Gasteiger partial charge in [-0.3, -0.25) is 9.97 Å². The lowest BCUT2D eigenvalue weighted by molar-refractivity contribution is 0.0525. The standard InChI is InChI=1S/C22H28N6O2/c1-21(2,3)30-20(29)25-13-9-22(4,5)28-19-16-8-12-24-14-17(16)26-18(27-19)15-6-10-23-11-7-15/h6-8,10-12,14H,9,13H2,1-5H3,(H,25,29)(H,26,27,28). The molecule has 0 fully saturated rings. The van der Waals surface area contributed by atoms with Crippen LogP contribution in [-0.4, -0.2) is 43.7 Å². The molecule has 0 radical (unpaired) electrons. The van der Waals surface area contributed by atoms with Crippen molar-refractivity contribution >= 4 is 22.8 Å². The predicted octanol–water partition coefficient (Wildman–Crippen LogP) is 4.19. The molecule has 3 aromatic rings. The lowest BCUT2D eigenvalue weighted by atomic mass is 10.0. The molecule has 0 unspecified atom stereocenters. The van der Waals surface area contributed by atoms with E-state index in [1.54, 1.807) is 24.8 Å². The first-order valence-corrected chi connectivity index (χ1v) is 9.90. The van der Waals surface area contributed by atoms with Gasteiger partial charge in [-0.2, -0.15) is 0 Å². The molecule has 3 heterocycles. The molecule has 0 saturated heterocycles. The Balaban J connectivity index is 1.77. The minimum absolute atomic E-state index is 0.338. The first-order chi connectivity index (χ1) is 14.1. The number of carbonyl (C=O) groups excluding carboxylic acids is 1. The van der Waals surface area contributed by atoms with E-state index in [9.17, 15) is 4.79 Å². The summed E-state index contributed by atoms with van der Waals surface area (Å²) in [4.78, 5) is 29.5. The summed E-state index contributed by atoms with van der Waals surface area (Å²) in [6.07, 6.45) is 7.13. The molecule has 1 amide bonds. The second-order valence-corrected chi connectivity index (χ2v) is 8.71. The van der Waals surface area contributed by atoms with Gasteiger partial charge in [-0.15, -0.1) is 0 Å². The van der Waals surface area contributed by atoms with Gasteiger partial charge in [-0.25, -0.2) is 14.8 Å². The topological polar surface area (TPSA) is 102 Å². The van der Waals surface area contributed by atoms with Crippen LogP contribution < -0.4 is 10.6 Å². The van der Waals surface area contributed by atoms with Crippen LogP contribution in [0.5, 0.6) is 0 Å². The first-order valence-electron chi connectivity index (χ1n) is 9.90. The van der Waals surface area contributed by atoms with Crippen molar-refractivity contribution in [2.45, 2.75) is 52.2 Å². The molecule has 3 aromatic heterocycles. The number of nitrogens with one attached hydrogen (secondary N) is 2. The van der Waals surface area contributed by atoms with Gasteiger partial charge in [0.25, 0.3) is 0 Å². The number of hydrogen-bond donors (Lipinski definition) is 2. The van der Waals surface area contributed by atoms with Crippen LogP contribution in [0.25, 0.3) is 22.3 Å². The molecule has 30 heavy (non-hydrogen) atoms. The van der Waals surface area contributed by atoms with Crippen LogP contribution in [0.4, 0.5) is 10.6 Å². The number of fused-ring (bicyclic) bond motifs is 1. The van der Waals surface area contributed by atoms with Crippen molar-refractivity contribution in [1.82, 2.24) is 25.3 Å². The molecule has 0 aliphatic carbocycles. The highest BCUT2D eigenvalue weighted by molar-refractivity contribution is 5.90. The molecule has 8 heteroatoms. The first kappa shape index (κ1) is 21.4. The third-order valence-electron chi connectivity index (χ3n) is 4.31. The molecule has 2 N–H and O–H groups in total. The van der Waals surface area contributed by atoms with Gasteiger partial charge in [0.1, 0.15) is 11.4 Å². The van der Waals surface area contributed by atoms with Crippen molar-refractivity contribution < 1.29 is 9.53 Å². The van der Waals surface area contributed by atoms with E-state index in [-0.39, 0.29) is 5.54 Å². The molecule has 3 rings (SSSR count). The van der Waals surface area contributed by atoms with Gasteiger partial charge in [0.15, 0.2) is 5.82 Å². The van der Waals surface area contributed by atoms with Gasteiger partial charge in [0.05, 0.1) is 11.7 Å². The summed E-state index contributed by atoms with van der Waals surface area (Å²) >= 11 is 0. The van der Waals surface area contributed by atoms with Crippen LogP contribution in [0.2, 0.25) is 0 Å². The lowest BCUT2D eigenvalue weighted by Crippen LogP contribution is -2.38. The summed E-state index contributed by atoms with van der Waals surface area (Å²) in [5.74, 6) is 1.32. The zero-order chi connectivity index (χ0) is 21.8. The maximum atomic E-state index is 11.9. The number of nitrogens with zero attached hydrogens (tertiary/aromatic N) is 4. The highest BCUT2D eigenvalue weighted by Gasteiger charge is 2.22. The minimum Gasteiger partial charge on any atom is -0.444 e. The third-order valence-corrected chi connectivity index (χ3v) is 4.31. The van der Waals surface area contributed by atoms with Crippen molar-refractivity contribution in [3.05, 3.63) is 43.0 Å². The monoisotopic (exact) mass is 408 g/mol. The minimum atomic E-state index is -0.519. The van der Waals surface area contributed by atoms with Crippen LogP contribution in [0.3, 0.4) is 0 Å². The number of hydrogen-bond acceptors (Lipinski definition) is 7. The highest BCUT2D eigenvalue weighted by Crippen LogP contribution is 2.27. The average molecular weight is 409 g/mol. The normalized spacial score (nSPS) is 11.9. The molecular weight excluding hydrogens is 380 g/mol. The van der Waals surface area contributed by atoms with Gasteiger partial charge in [0.2, 0.25) is 0 Å². The SMILES string of the molecule is CC(C)(CCNC(=O)OC(C)(C)C)Nc1nc(-c2ccncc2)nc2cnccc12. The number of anilines is 1. The van der Waals surface area contributed by atoms with E-state index in [4.69, 9.17) is 9.72 Å². The van der Waals surface area contributed by atoms with E-state index >= 15 is 0 Å². The fourth-order valence-electron chi connectivity index (χ4n) is 2.88. The summed E-state index contributed by atoms with van der Waals surface area (Å²) in [5, 5.41) is 7.20. The summed E-state index contributed by atoms with van der Waals surface area (Å²) < 4.78 is 5.29. The smallest absolute Gasteiger partial charge is 0.407 e. The number of carbonyl (C=O) groups is 1. The van der Waals surface area contributed by atoms with Crippen LogP contribution in [0, 0.1) is 0 Å². The maximum absolute atomic E-state index is 11.9. The highest BCUT2D eigenvalue weighted by atomic mass is 16.6. The summed E-state index contributed by atoms with van der Waals surface area (Å²) in [7, 11) is 0. The summed E-state index contributed by atoms with van der Waals surface area (Å²) in [6.45, 7) is 10.1. The Hall–Kier alpha value is -3.29. The van der Waals surface area contributed by atoms with Gasteiger partial charge in [0, 0.05) is 41.6 Å². The van der Waals surface area contributed by atoms with E-state index in [0.29, 0.717) is 18.8 Å². The quantitative estimate of drug-likeness (QED) is 0.630. The Morgan fingerprint density at radius 3 is 2.40 bits per heavy atom. The molecule has 0 aromatic carbocycles. The summed E-state index contributed by atoms with van der Waals surface area (Å²) in [5.41, 5.74) is 0.775. The zero-order valence-electron chi connectivity index (χ0n) is 18.1. The molecule has 0 saturated carbocycles. The molecule has 0 aliphatic rings. The number of alkyl carbamates (subject to hydrolysis) is 1. The molecular formula is C22H28N6O2. The van der Waals surface area contributed by atoms with Crippen LogP contribution in [0.15, 0.2) is 43.0 Å². The van der Waals surface area contributed by atoms with E-state index < -0.39 is 11.7 Å². The van der Waals surface area contributed by atoms with Crippen molar-refractivity contribution in [2.75, 3.05) is 11.9 Å². The largest absolute Gasteiger partial charge is 0.444 e. The second-order valence-electron chi connectivity index (χ2n) is 8.71. The second kappa shape index (κ2) is 8.61. The Bertz CT molecular complexity index is 1020. The van der Waals surface area contributed by atoms with E-state index in [1.165, 1.54) is 0 Å². The van der Waals surface area contributed by atoms with Gasteiger partial charge >= 0.3 is 6.09 Å².